The summed E-state index contributed by atoms with van der Waals surface area (Å²) in [7, 11) is 0. The minimum atomic E-state index is 0.516. The lowest BCUT2D eigenvalue weighted by atomic mass is 10.1. The molecule has 0 atom stereocenters. The first-order chi connectivity index (χ1) is 8.28. The SMILES string of the molecule is Cc1cccc(OCc2ccc(C=O)cc2)c1. The van der Waals surface area contributed by atoms with Gasteiger partial charge in [-0.15, -0.1) is 0 Å². The molecule has 0 aliphatic rings. The molecule has 0 fully saturated rings. The number of carbonyl (C=O) groups excluding carboxylic acids is 1. The minimum absolute atomic E-state index is 0.516. The Hall–Kier alpha value is -2.09. The van der Waals surface area contributed by atoms with E-state index in [-0.39, 0.29) is 0 Å². The van der Waals surface area contributed by atoms with Crippen LogP contribution in [-0.4, -0.2) is 6.29 Å². The lowest BCUT2D eigenvalue weighted by molar-refractivity contribution is 0.112. The van der Waals surface area contributed by atoms with Crippen molar-refractivity contribution in [3.05, 3.63) is 65.2 Å². The van der Waals surface area contributed by atoms with Crippen molar-refractivity contribution < 1.29 is 9.53 Å². The van der Waals surface area contributed by atoms with E-state index >= 15 is 0 Å². The van der Waals surface area contributed by atoms with Crippen LogP contribution in [0.3, 0.4) is 0 Å². The summed E-state index contributed by atoms with van der Waals surface area (Å²) in [5.74, 6) is 0.865. The van der Waals surface area contributed by atoms with Crippen LogP contribution in [0.4, 0.5) is 0 Å². The second kappa shape index (κ2) is 5.30. The third-order valence-corrected chi connectivity index (χ3v) is 2.51. The summed E-state index contributed by atoms with van der Waals surface area (Å²) in [5.41, 5.74) is 2.92. The number of rotatable bonds is 4. The van der Waals surface area contributed by atoms with Gasteiger partial charge in [0.1, 0.15) is 18.6 Å². The van der Waals surface area contributed by atoms with Crippen LogP contribution < -0.4 is 4.74 Å². The van der Waals surface area contributed by atoms with Crippen molar-refractivity contribution >= 4 is 6.29 Å². The van der Waals surface area contributed by atoms with Crippen molar-refractivity contribution in [3.63, 3.8) is 0 Å². The molecular weight excluding hydrogens is 212 g/mol. The lowest BCUT2D eigenvalue weighted by Crippen LogP contribution is -1.95. The fourth-order valence-electron chi connectivity index (χ4n) is 1.56. The van der Waals surface area contributed by atoms with Crippen molar-refractivity contribution in [2.45, 2.75) is 13.5 Å². The highest BCUT2D eigenvalue weighted by Gasteiger charge is 1.97. The van der Waals surface area contributed by atoms with Crippen LogP contribution in [0.1, 0.15) is 21.5 Å². The van der Waals surface area contributed by atoms with E-state index in [1.165, 1.54) is 5.56 Å². The van der Waals surface area contributed by atoms with E-state index in [4.69, 9.17) is 4.74 Å². The zero-order valence-corrected chi connectivity index (χ0v) is 9.72. The summed E-state index contributed by atoms with van der Waals surface area (Å²) in [5, 5.41) is 0. The molecule has 0 radical (unpaired) electrons. The number of hydrogen-bond acceptors (Lipinski definition) is 2. The predicted molar refractivity (Wildman–Crippen MR) is 67.3 cm³/mol. The molecule has 2 nitrogen and oxygen atoms in total. The molecule has 0 aliphatic heterocycles. The van der Waals surface area contributed by atoms with E-state index in [0.29, 0.717) is 12.2 Å². The van der Waals surface area contributed by atoms with Gasteiger partial charge in [0.15, 0.2) is 0 Å². The molecular formula is C15H14O2. The van der Waals surface area contributed by atoms with Gasteiger partial charge in [0.25, 0.3) is 0 Å². The van der Waals surface area contributed by atoms with Gasteiger partial charge in [-0.3, -0.25) is 4.79 Å². The predicted octanol–water partition coefficient (Wildman–Crippen LogP) is 3.39. The summed E-state index contributed by atoms with van der Waals surface area (Å²) in [6, 6.07) is 15.3. The van der Waals surface area contributed by atoms with Gasteiger partial charge in [0.05, 0.1) is 0 Å². The zero-order valence-electron chi connectivity index (χ0n) is 9.72. The van der Waals surface area contributed by atoms with E-state index in [0.717, 1.165) is 17.6 Å². The van der Waals surface area contributed by atoms with E-state index < -0.39 is 0 Å². The number of ether oxygens (including phenoxy) is 1. The fraction of sp³-hybridized carbons (Fsp3) is 0.133. The third-order valence-electron chi connectivity index (χ3n) is 2.51. The van der Waals surface area contributed by atoms with E-state index in [1.807, 2.05) is 43.3 Å². The van der Waals surface area contributed by atoms with Crippen molar-refractivity contribution in [2.75, 3.05) is 0 Å². The van der Waals surface area contributed by atoms with Gasteiger partial charge in [0.2, 0.25) is 0 Å². The normalized spacial score (nSPS) is 9.94. The Labute approximate surface area is 101 Å². The number of benzene rings is 2. The second-order valence-electron chi connectivity index (χ2n) is 3.96. The molecule has 0 saturated carbocycles. The largest absolute Gasteiger partial charge is 0.489 e. The number of carbonyl (C=O) groups is 1. The van der Waals surface area contributed by atoms with Gasteiger partial charge >= 0.3 is 0 Å². The van der Waals surface area contributed by atoms with Crippen molar-refractivity contribution in [1.29, 1.82) is 0 Å². The average molecular weight is 226 g/mol. The Balaban J connectivity index is 1.99. The Morgan fingerprint density at radius 1 is 1.12 bits per heavy atom. The van der Waals surface area contributed by atoms with Crippen LogP contribution in [0, 0.1) is 6.92 Å². The Morgan fingerprint density at radius 2 is 1.88 bits per heavy atom. The van der Waals surface area contributed by atoms with Crippen LogP contribution in [0.25, 0.3) is 0 Å². The maximum atomic E-state index is 10.5. The molecule has 2 aromatic carbocycles. The van der Waals surface area contributed by atoms with Crippen molar-refractivity contribution in [2.24, 2.45) is 0 Å². The Bertz CT molecular complexity index is 501. The first-order valence-corrected chi connectivity index (χ1v) is 5.51. The highest BCUT2D eigenvalue weighted by Crippen LogP contribution is 2.14. The number of aldehydes is 1. The van der Waals surface area contributed by atoms with Gasteiger partial charge < -0.3 is 4.74 Å². The van der Waals surface area contributed by atoms with E-state index in [9.17, 15) is 4.79 Å². The molecule has 0 aliphatic carbocycles. The highest BCUT2D eigenvalue weighted by molar-refractivity contribution is 5.74. The molecule has 0 N–H and O–H groups in total. The Kier molecular flexibility index (Phi) is 3.55. The van der Waals surface area contributed by atoms with Crippen LogP contribution in [0.5, 0.6) is 5.75 Å². The molecule has 0 saturated heterocycles. The lowest BCUT2D eigenvalue weighted by Gasteiger charge is -2.06. The van der Waals surface area contributed by atoms with Crippen LogP contribution in [0.2, 0.25) is 0 Å². The maximum absolute atomic E-state index is 10.5. The molecule has 0 bridgehead atoms. The van der Waals surface area contributed by atoms with Crippen LogP contribution in [0.15, 0.2) is 48.5 Å². The molecule has 0 spiro atoms. The van der Waals surface area contributed by atoms with E-state index in [1.54, 1.807) is 12.1 Å². The first kappa shape index (κ1) is 11.4. The van der Waals surface area contributed by atoms with E-state index in [2.05, 4.69) is 0 Å². The summed E-state index contributed by atoms with van der Waals surface area (Å²) in [6.07, 6.45) is 0.838. The highest BCUT2D eigenvalue weighted by atomic mass is 16.5. The molecule has 0 heterocycles. The molecule has 2 rings (SSSR count). The average Bonchev–Trinajstić information content (AvgIpc) is 2.37. The molecule has 17 heavy (non-hydrogen) atoms. The van der Waals surface area contributed by atoms with Crippen LogP contribution in [-0.2, 0) is 6.61 Å². The van der Waals surface area contributed by atoms with Gasteiger partial charge in [-0.1, -0.05) is 36.4 Å². The van der Waals surface area contributed by atoms with Crippen LogP contribution >= 0.6 is 0 Å². The molecule has 0 amide bonds. The maximum Gasteiger partial charge on any atom is 0.150 e. The van der Waals surface area contributed by atoms with Gasteiger partial charge in [-0.05, 0) is 30.2 Å². The topological polar surface area (TPSA) is 26.3 Å². The molecule has 2 heteroatoms. The quantitative estimate of drug-likeness (QED) is 0.747. The summed E-state index contributed by atoms with van der Waals surface area (Å²) < 4.78 is 5.66. The first-order valence-electron chi connectivity index (χ1n) is 5.51. The van der Waals surface area contributed by atoms with Gasteiger partial charge in [-0.25, -0.2) is 0 Å². The monoisotopic (exact) mass is 226 g/mol. The standard InChI is InChI=1S/C15H14O2/c1-12-3-2-4-15(9-12)17-11-14-7-5-13(10-16)6-8-14/h2-10H,11H2,1H3. The number of aryl methyl sites for hydroxylation is 1. The fourth-order valence-corrected chi connectivity index (χ4v) is 1.56. The number of hydrogen-bond donors (Lipinski definition) is 0. The summed E-state index contributed by atoms with van der Waals surface area (Å²) in [6.45, 7) is 2.55. The molecule has 0 aromatic heterocycles. The third kappa shape index (κ3) is 3.18. The van der Waals surface area contributed by atoms with Gasteiger partial charge in [0, 0.05) is 5.56 Å². The summed E-state index contributed by atoms with van der Waals surface area (Å²) >= 11 is 0. The summed E-state index contributed by atoms with van der Waals surface area (Å²) in [4.78, 5) is 10.5. The van der Waals surface area contributed by atoms with Gasteiger partial charge in [-0.2, -0.15) is 0 Å². The smallest absolute Gasteiger partial charge is 0.150 e. The Morgan fingerprint density at radius 3 is 2.53 bits per heavy atom. The second-order valence-corrected chi connectivity index (χ2v) is 3.96. The molecule has 0 unspecified atom stereocenters. The molecule has 2 aromatic rings. The zero-order chi connectivity index (χ0) is 12.1. The molecule has 86 valence electrons. The van der Waals surface area contributed by atoms with Crippen molar-refractivity contribution in [3.8, 4) is 5.75 Å². The van der Waals surface area contributed by atoms with Crippen molar-refractivity contribution in [1.82, 2.24) is 0 Å². The minimum Gasteiger partial charge on any atom is -0.489 e.